The summed E-state index contributed by atoms with van der Waals surface area (Å²) < 4.78 is 10.6. The lowest BCUT2D eigenvalue weighted by Crippen LogP contribution is -2.19. The number of ether oxygens (including phenoxy) is 2. The van der Waals surface area contributed by atoms with Gasteiger partial charge in [-0.25, -0.2) is 4.98 Å². The SMILES string of the molecule is CN(Cc1ccc2c(c1)OCO2)c1ncc(C(N)=O)cc1Cl. The fourth-order valence-corrected chi connectivity index (χ4v) is 2.55. The van der Waals surface area contributed by atoms with Gasteiger partial charge in [0.25, 0.3) is 0 Å². The lowest BCUT2D eigenvalue weighted by Gasteiger charge is -2.19. The van der Waals surface area contributed by atoms with Gasteiger partial charge in [0, 0.05) is 19.8 Å². The first-order chi connectivity index (χ1) is 10.5. The van der Waals surface area contributed by atoms with Gasteiger partial charge in [0.1, 0.15) is 5.82 Å². The first-order valence-corrected chi connectivity index (χ1v) is 6.97. The summed E-state index contributed by atoms with van der Waals surface area (Å²) in [6.45, 7) is 0.829. The summed E-state index contributed by atoms with van der Waals surface area (Å²) in [5, 5.41) is 0.375. The van der Waals surface area contributed by atoms with Crippen LogP contribution >= 0.6 is 11.6 Å². The first kappa shape index (κ1) is 14.5. The monoisotopic (exact) mass is 319 g/mol. The standard InChI is InChI=1S/C15H14ClN3O3/c1-19(15-11(16)5-10(6-18-15)14(17)20)7-9-2-3-12-13(4-9)22-8-21-12/h2-6H,7-8H2,1H3,(H2,17,20). The van der Waals surface area contributed by atoms with Gasteiger partial charge in [0.15, 0.2) is 11.5 Å². The van der Waals surface area contributed by atoms with E-state index in [1.165, 1.54) is 12.3 Å². The van der Waals surface area contributed by atoms with Crippen LogP contribution in [-0.2, 0) is 6.54 Å². The maximum atomic E-state index is 11.1. The van der Waals surface area contributed by atoms with E-state index in [4.69, 9.17) is 26.8 Å². The number of hydrogen-bond donors (Lipinski definition) is 1. The second-order valence-corrected chi connectivity index (χ2v) is 5.34. The number of nitrogens with two attached hydrogens (primary N) is 1. The average molecular weight is 320 g/mol. The number of amides is 1. The minimum atomic E-state index is -0.556. The molecule has 0 spiro atoms. The summed E-state index contributed by atoms with van der Waals surface area (Å²) in [7, 11) is 1.86. The minimum absolute atomic E-state index is 0.247. The lowest BCUT2D eigenvalue weighted by molar-refractivity contribution is 0.1000. The Balaban J connectivity index is 1.79. The number of nitrogens with zero attached hydrogens (tertiary/aromatic N) is 2. The number of halogens is 1. The number of benzene rings is 1. The van der Waals surface area contributed by atoms with E-state index < -0.39 is 5.91 Å². The first-order valence-electron chi connectivity index (χ1n) is 6.59. The van der Waals surface area contributed by atoms with Crippen LogP contribution in [0.5, 0.6) is 11.5 Å². The number of carbonyl (C=O) groups is 1. The Kier molecular flexibility index (Phi) is 3.77. The molecule has 0 fully saturated rings. The van der Waals surface area contributed by atoms with E-state index in [1.54, 1.807) is 0 Å². The van der Waals surface area contributed by atoms with E-state index in [1.807, 2.05) is 30.1 Å². The van der Waals surface area contributed by atoms with Crippen molar-refractivity contribution in [2.45, 2.75) is 6.54 Å². The van der Waals surface area contributed by atoms with Gasteiger partial charge in [-0.15, -0.1) is 0 Å². The minimum Gasteiger partial charge on any atom is -0.454 e. The van der Waals surface area contributed by atoms with Crippen molar-refractivity contribution in [1.29, 1.82) is 0 Å². The zero-order chi connectivity index (χ0) is 15.7. The molecule has 0 unspecified atom stereocenters. The molecule has 114 valence electrons. The van der Waals surface area contributed by atoms with Gasteiger partial charge in [-0.05, 0) is 23.8 Å². The molecule has 3 rings (SSSR count). The fraction of sp³-hybridized carbons (Fsp3) is 0.200. The molecule has 0 saturated carbocycles. The van der Waals surface area contributed by atoms with Crippen LogP contribution in [0, 0.1) is 0 Å². The van der Waals surface area contributed by atoms with Crippen molar-refractivity contribution in [1.82, 2.24) is 4.98 Å². The third-order valence-electron chi connectivity index (χ3n) is 3.32. The molecule has 0 saturated heterocycles. The number of anilines is 1. The van der Waals surface area contributed by atoms with Gasteiger partial charge in [0.2, 0.25) is 12.7 Å². The van der Waals surface area contributed by atoms with Crippen molar-refractivity contribution in [3.63, 3.8) is 0 Å². The van der Waals surface area contributed by atoms with Crippen molar-refractivity contribution in [2.75, 3.05) is 18.7 Å². The molecule has 0 aliphatic carbocycles. The van der Waals surface area contributed by atoms with Crippen LogP contribution in [0.25, 0.3) is 0 Å². The molecule has 2 N–H and O–H groups in total. The van der Waals surface area contributed by atoms with E-state index in [0.717, 1.165) is 17.1 Å². The molecule has 2 heterocycles. The molecule has 6 nitrogen and oxygen atoms in total. The third kappa shape index (κ3) is 2.78. The lowest BCUT2D eigenvalue weighted by atomic mass is 10.2. The number of fused-ring (bicyclic) bond motifs is 1. The summed E-state index contributed by atoms with van der Waals surface area (Å²) in [6, 6.07) is 7.26. The fourth-order valence-electron chi connectivity index (χ4n) is 2.23. The van der Waals surface area contributed by atoms with Gasteiger partial charge >= 0.3 is 0 Å². The molecule has 7 heteroatoms. The van der Waals surface area contributed by atoms with Crippen LogP contribution in [0.4, 0.5) is 5.82 Å². The molecule has 1 amide bonds. The number of hydrogen-bond acceptors (Lipinski definition) is 5. The van der Waals surface area contributed by atoms with Crippen LogP contribution in [0.3, 0.4) is 0 Å². The summed E-state index contributed by atoms with van der Waals surface area (Å²) in [5.41, 5.74) is 6.52. The van der Waals surface area contributed by atoms with Crippen LogP contribution in [0.2, 0.25) is 5.02 Å². The second-order valence-electron chi connectivity index (χ2n) is 4.94. The molecule has 1 aliphatic rings. The van der Waals surface area contributed by atoms with Crippen molar-refractivity contribution in [2.24, 2.45) is 5.73 Å². The summed E-state index contributed by atoms with van der Waals surface area (Å²) in [4.78, 5) is 17.2. The van der Waals surface area contributed by atoms with Crippen molar-refractivity contribution >= 4 is 23.3 Å². The molecular weight excluding hydrogens is 306 g/mol. The highest BCUT2D eigenvalue weighted by atomic mass is 35.5. The number of primary amides is 1. The Bertz CT molecular complexity index is 736. The Labute approximate surface area is 132 Å². The van der Waals surface area contributed by atoms with Crippen molar-refractivity contribution < 1.29 is 14.3 Å². The van der Waals surface area contributed by atoms with E-state index in [9.17, 15) is 4.79 Å². The number of carbonyl (C=O) groups excluding carboxylic acids is 1. The van der Waals surface area contributed by atoms with Gasteiger partial charge in [-0.1, -0.05) is 17.7 Å². The van der Waals surface area contributed by atoms with E-state index >= 15 is 0 Å². The normalized spacial score (nSPS) is 12.3. The smallest absolute Gasteiger partial charge is 0.250 e. The van der Waals surface area contributed by atoms with Gasteiger partial charge in [0.05, 0.1) is 10.6 Å². The molecule has 0 radical (unpaired) electrons. The van der Waals surface area contributed by atoms with E-state index in [2.05, 4.69) is 4.98 Å². The van der Waals surface area contributed by atoms with Crippen LogP contribution < -0.4 is 20.1 Å². The quantitative estimate of drug-likeness (QED) is 0.934. The molecule has 1 aliphatic heterocycles. The zero-order valence-electron chi connectivity index (χ0n) is 11.9. The van der Waals surface area contributed by atoms with Gasteiger partial charge < -0.3 is 20.1 Å². The molecular formula is C15H14ClN3O3. The molecule has 22 heavy (non-hydrogen) atoms. The molecule has 2 aromatic rings. The molecule has 1 aromatic heterocycles. The summed E-state index contributed by atoms with van der Waals surface area (Å²) in [5.74, 6) is 1.49. The topological polar surface area (TPSA) is 77.7 Å². The zero-order valence-corrected chi connectivity index (χ0v) is 12.6. The van der Waals surface area contributed by atoms with Crippen LogP contribution in [0.15, 0.2) is 30.5 Å². The van der Waals surface area contributed by atoms with E-state index in [0.29, 0.717) is 17.4 Å². The Hall–Kier alpha value is -2.47. The Morgan fingerprint density at radius 1 is 1.36 bits per heavy atom. The second kappa shape index (κ2) is 5.73. The Morgan fingerprint density at radius 2 is 2.14 bits per heavy atom. The van der Waals surface area contributed by atoms with Crippen molar-refractivity contribution in [3.8, 4) is 11.5 Å². The highest BCUT2D eigenvalue weighted by molar-refractivity contribution is 6.33. The maximum Gasteiger partial charge on any atom is 0.250 e. The predicted molar refractivity (Wildman–Crippen MR) is 82.4 cm³/mol. The number of rotatable bonds is 4. The van der Waals surface area contributed by atoms with Crippen LogP contribution in [-0.4, -0.2) is 24.7 Å². The molecule has 0 bridgehead atoms. The third-order valence-corrected chi connectivity index (χ3v) is 3.60. The van der Waals surface area contributed by atoms with Gasteiger partial charge in [-0.3, -0.25) is 4.79 Å². The number of pyridine rings is 1. The molecule has 1 aromatic carbocycles. The predicted octanol–water partition coefficient (Wildman–Crippen LogP) is 2.20. The Morgan fingerprint density at radius 3 is 2.86 bits per heavy atom. The average Bonchev–Trinajstić information content (AvgIpc) is 2.94. The maximum absolute atomic E-state index is 11.1. The van der Waals surface area contributed by atoms with Gasteiger partial charge in [-0.2, -0.15) is 0 Å². The highest BCUT2D eigenvalue weighted by Gasteiger charge is 2.15. The highest BCUT2D eigenvalue weighted by Crippen LogP contribution is 2.33. The summed E-state index contributed by atoms with van der Waals surface area (Å²) in [6.07, 6.45) is 1.42. The summed E-state index contributed by atoms with van der Waals surface area (Å²) >= 11 is 6.17. The molecule has 0 atom stereocenters. The largest absolute Gasteiger partial charge is 0.454 e. The van der Waals surface area contributed by atoms with Crippen LogP contribution in [0.1, 0.15) is 15.9 Å². The number of aromatic nitrogens is 1. The van der Waals surface area contributed by atoms with E-state index in [-0.39, 0.29) is 12.4 Å². The van der Waals surface area contributed by atoms with Crippen molar-refractivity contribution in [3.05, 3.63) is 46.6 Å².